The van der Waals surface area contributed by atoms with E-state index in [1.54, 1.807) is 32.9 Å². The van der Waals surface area contributed by atoms with Gasteiger partial charge in [-0.3, -0.25) is 5.43 Å². The molecule has 1 aromatic rings. The largest absolute Gasteiger partial charge is 0.493 e. The lowest BCUT2D eigenvalue weighted by Gasteiger charge is -2.19. The van der Waals surface area contributed by atoms with E-state index in [1.807, 2.05) is 0 Å². The molecule has 1 heterocycles. The van der Waals surface area contributed by atoms with Crippen LogP contribution in [0.1, 0.15) is 26.3 Å². The lowest BCUT2D eigenvalue weighted by molar-refractivity contribution is 0.0496. The minimum atomic E-state index is -0.569. The van der Waals surface area contributed by atoms with Crippen LogP contribution in [0.5, 0.6) is 5.88 Å². The van der Waals surface area contributed by atoms with Crippen molar-refractivity contribution in [3.05, 3.63) is 23.9 Å². The molecular weight excluding hydrogens is 222 g/mol. The highest BCUT2D eigenvalue weighted by molar-refractivity contribution is 5.66. The maximum Gasteiger partial charge on any atom is 0.422 e. The normalized spacial score (nSPS) is 11.0. The molecule has 6 nitrogen and oxygen atoms in total. The van der Waals surface area contributed by atoms with Crippen molar-refractivity contribution >= 4 is 6.09 Å². The number of hydrogen-bond donors (Lipinski definition) is 3. The van der Waals surface area contributed by atoms with Crippen LogP contribution in [0.4, 0.5) is 4.79 Å². The number of ether oxygens (including phenoxy) is 1. The van der Waals surface area contributed by atoms with E-state index in [4.69, 9.17) is 4.74 Å². The molecular formula is C11H17N3O3. The Hall–Kier alpha value is -1.82. The predicted octanol–water partition coefficient (Wildman–Crippen LogP) is 1.32. The number of nitrogens with one attached hydrogen (secondary N) is 2. The first kappa shape index (κ1) is 13.2. The topological polar surface area (TPSA) is 83.5 Å². The van der Waals surface area contributed by atoms with Gasteiger partial charge < -0.3 is 9.84 Å². The van der Waals surface area contributed by atoms with Gasteiger partial charge in [0.05, 0.1) is 0 Å². The molecule has 0 saturated carbocycles. The van der Waals surface area contributed by atoms with Gasteiger partial charge in [-0.05, 0) is 26.8 Å². The Morgan fingerprint density at radius 3 is 2.82 bits per heavy atom. The van der Waals surface area contributed by atoms with Gasteiger partial charge in [0.25, 0.3) is 0 Å². The quantitative estimate of drug-likeness (QED) is 0.693. The third-order valence-corrected chi connectivity index (χ3v) is 1.74. The third kappa shape index (κ3) is 5.17. The summed E-state index contributed by atoms with van der Waals surface area (Å²) in [5, 5.41) is 9.37. The molecule has 0 aliphatic carbocycles. The van der Waals surface area contributed by atoms with E-state index in [0.717, 1.165) is 0 Å². The summed E-state index contributed by atoms with van der Waals surface area (Å²) < 4.78 is 5.02. The molecule has 94 valence electrons. The van der Waals surface area contributed by atoms with Crippen molar-refractivity contribution in [3.63, 3.8) is 0 Å². The van der Waals surface area contributed by atoms with Crippen molar-refractivity contribution in [1.29, 1.82) is 0 Å². The van der Waals surface area contributed by atoms with Crippen molar-refractivity contribution in [2.45, 2.75) is 32.9 Å². The van der Waals surface area contributed by atoms with E-state index < -0.39 is 11.7 Å². The molecule has 1 amide bonds. The summed E-state index contributed by atoms with van der Waals surface area (Å²) in [5.41, 5.74) is 5.05. The molecule has 0 fully saturated rings. The van der Waals surface area contributed by atoms with Crippen LogP contribution in [0.3, 0.4) is 0 Å². The van der Waals surface area contributed by atoms with Crippen LogP contribution in [-0.4, -0.2) is 21.8 Å². The first-order valence-electron chi connectivity index (χ1n) is 5.23. The average molecular weight is 239 g/mol. The number of hydrazine groups is 1. The Bertz CT molecular complexity index is 388. The molecule has 0 aliphatic rings. The minimum Gasteiger partial charge on any atom is -0.493 e. The Balaban J connectivity index is 2.34. The number of hydrogen-bond acceptors (Lipinski definition) is 5. The third-order valence-electron chi connectivity index (χ3n) is 1.74. The fraction of sp³-hybridized carbons (Fsp3) is 0.455. The number of carbonyl (C=O) groups is 1. The fourth-order valence-electron chi connectivity index (χ4n) is 1.08. The van der Waals surface area contributed by atoms with E-state index in [2.05, 4.69) is 15.8 Å². The molecule has 0 unspecified atom stereocenters. The fourth-order valence-corrected chi connectivity index (χ4v) is 1.08. The van der Waals surface area contributed by atoms with Gasteiger partial charge in [-0.15, -0.1) is 0 Å². The van der Waals surface area contributed by atoms with Crippen molar-refractivity contribution < 1.29 is 14.6 Å². The second-order valence-electron chi connectivity index (χ2n) is 4.47. The zero-order chi connectivity index (χ0) is 12.9. The lowest BCUT2D eigenvalue weighted by Crippen LogP contribution is -2.40. The van der Waals surface area contributed by atoms with Gasteiger partial charge in [-0.2, -0.15) is 0 Å². The van der Waals surface area contributed by atoms with Crippen molar-refractivity contribution in [2.24, 2.45) is 0 Å². The molecule has 0 atom stereocenters. The number of aromatic hydroxyl groups is 1. The molecule has 3 N–H and O–H groups in total. The molecule has 0 saturated heterocycles. The monoisotopic (exact) mass is 239 g/mol. The van der Waals surface area contributed by atoms with Crippen molar-refractivity contribution in [2.75, 3.05) is 0 Å². The Kier molecular flexibility index (Phi) is 4.28. The van der Waals surface area contributed by atoms with Crippen LogP contribution in [0, 0.1) is 0 Å². The molecule has 1 aromatic heterocycles. The molecule has 0 aromatic carbocycles. The van der Waals surface area contributed by atoms with Crippen LogP contribution < -0.4 is 10.9 Å². The average Bonchev–Trinajstić information content (AvgIpc) is 2.18. The smallest absolute Gasteiger partial charge is 0.422 e. The van der Waals surface area contributed by atoms with Crippen LogP contribution in [0.2, 0.25) is 0 Å². The molecule has 0 radical (unpaired) electrons. The maximum absolute atomic E-state index is 11.3. The highest BCUT2D eigenvalue weighted by Gasteiger charge is 2.15. The molecule has 0 bridgehead atoms. The Labute approximate surface area is 100.0 Å². The van der Waals surface area contributed by atoms with Crippen molar-refractivity contribution in [1.82, 2.24) is 15.8 Å². The summed E-state index contributed by atoms with van der Waals surface area (Å²) in [6, 6.07) is 3.40. The number of aromatic nitrogens is 1. The molecule has 0 aliphatic heterocycles. The van der Waals surface area contributed by atoms with Crippen LogP contribution in [0.25, 0.3) is 0 Å². The summed E-state index contributed by atoms with van der Waals surface area (Å²) in [6.45, 7) is 5.59. The van der Waals surface area contributed by atoms with E-state index in [-0.39, 0.29) is 12.4 Å². The standard InChI is InChI=1S/C11H17N3O3/c1-11(2,3)17-10(16)14-13-7-8-5-4-6-12-9(8)15/h4-6,13H,7H2,1-3H3,(H,12,15)(H,14,16). The number of pyridine rings is 1. The second kappa shape index (κ2) is 5.49. The van der Waals surface area contributed by atoms with Crippen molar-refractivity contribution in [3.8, 4) is 5.88 Å². The van der Waals surface area contributed by atoms with E-state index >= 15 is 0 Å². The maximum atomic E-state index is 11.3. The highest BCUT2D eigenvalue weighted by Crippen LogP contribution is 2.10. The van der Waals surface area contributed by atoms with E-state index in [0.29, 0.717) is 5.56 Å². The van der Waals surface area contributed by atoms with Crippen LogP contribution in [-0.2, 0) is 11.3 Å². The molecule has 1 rings (SSSR count). The minimum absolute atomic E-state index is 0.0639. The molecule has 6 heteroatoms. The zero-order valence-electron chi connectivity index (χ0n) is 10.2. The van der Waals surface area contributed by atoms with Gasteiger partial charge >= 0.3 is 6.09 Å². The van der Waals surface area contributed by atoms with Gasteiger partial charge in [0.2, 0.25) is 5.88 Å². The summed E-state index contributed by atoms with van der Waals surface area (Å²) in [7, 11) is 0. The van der Waals surface area contributed by atoms with Gasteiger partial charge in [-0.25, -0.2) is 15.2 Å². The zero-order valence-corrected chi connectivity index (χ0v) is 10.2. The van der Waals surface area contributed by atoms with Crippen LogP contribution >= 0.6 is 0 Å². The predicted molar refractivity (Wildman–Crippen MR) is 62.1 cm³/mol. The first-order valence-corrected chi connectivity index (χ1v) is 5.23. The SMILES string of the molecule is CC(C)(C)OC(=O)NNCc1cccnc1O. The first-order chi connectivity index (χ1) is 7.88. The number of rotatable bonds is 3. The second-order valence-corrected chi connectivity index (χ2v) is 4.47. The number of amides is 1. The van der Waals surface area contributed by atoms with Gasteiger partial charge in [-0.1, -0.05) is 6.07 Å². The van der Waals surface area contributed by atoms with Gasteiger partial charge in [0, 0.05) is 18.3 Å². The van der Waals surface area contributed by atoms with Gasteiger partial charge in [0.1, 0.15) is 5.60 Å². The number of carbonyl (C=O) groups excluding carboxylic acids is 1. The number of nitrogens with zero attached hydrogens (tertiary/aromatic N) is 1. The summed E-state index contributed by atoms with van der Waals surface area (Å²) in [4.78, 5) is 15.0. The van der Waals surface area contributed by atoms with E-state index in [1.165, 1.54) is 6.20 Å². The van der Waals surface area contributed by atoms with E-state index in [9.17, 15) is 9.90 Å². The summed E-state index contributed by atoms with van der Waals surface area (Å²) >= 11 is 0. The molecule has 0 spiro atoms. The Morgan fingerprint density at radius 1 is 1.53 bits per heavy atom. The Morgan fingerprint density at radius 2 is 2.24 bits per heavy atom. The van der Waals surface area contributed by atoms with Gasteiger partial charge in [0.15, 0.2) is 0 Å². The highest BCUT2D eigenvalue weighted by atomic mass is 16.6. The lowest BCUT2D eigenvalue weighted by atomic mass is 10.2. The summed E-state index contributed by atoms with van der Waals surface area (Å²) in [5.74, 6) is -0.0639. The van der Waals surface area contributed by atoms with Crippen LogP contribution in [0.15, 0.2) is 18.3 Å². The molecule has 17 heavy (non-hydrogen) atoms. The summed E-state index contributed by atoms with van der Waals surface area (Å²) in [6.07, 6.45) is 0.918.